The number of nitrogens with zero attached hydrogens (tertiary/aromatic N) is 1. The monoisotopic (exact) mass is 260 g/mol. The molecule has 1 aromatic carbocycles. The molecular weight excluding hydrogens is 236 g/mol. The highest BCUT2D eigenvalue weighted by atomic mass is 16.5. The molecule has 3 nitrogen and oxygen atoms in total. The second-order valence-electron chi connectivity index (χ2n) is 5.10. The summed E-state index contributed by atoms with van der Waals surface area (Å²) in [5.41, 5.74) is 9.94. The van der Waals surface area contributed by atoms with Crippen LogP contribution < -0.4 is 10.6 Å². The van der Waals surface area contributed by atoms with E-state index in [-0.39, 0.29) is 6.04 Å². The minimum absolute atomic E-state index is 0.156. The molecule has 3 heteroatoms. The van der Waals surface area contributed by atoms with Crippen molar-refractivity contribution in [2.75, 3.05) is 31.7 Å². The van der Waals surface area contributed by atoms with Gasteiger partial charge in [0.05, 0.1) is 6.61 Å². The van der Waals surface area contributed by atoms with Crippen LogP contribution in [0, 0.1) is 0 Å². The molecule has 0 amide bonds. The zero-order chi connectivity index (χ0) is 13.7. The Morgan fingerprint density at radius 1 is 1.32 bits per heavy atom. The van der Waals surface area contributed by atoms with Gasteiger partial charge in [-0.2, -0.15) is 0 Å². The Hall–Kier alpha value is -1.32. The van der Waals surface area contributed by atoms with Gasteiger partial charge in [0, 0.05) is 31.9 Å². The molecule has 0 spiro atoms. The van der Waals surface area contributed by atoms with Crippen LogP contribution >= 0.6 is 0 Å². The minimum Gasteiger partial charge on any atom is -0.380 e. The number of anilines is 1. The van der Waals surface area contributed by atoms with Crippen molar-refractivity contribution in [3.8, 4) is 0 Å². The van der Waals surface area contributed by atoms with Crippen molar-refractivity contribution in [1.82, 2.24) is 0 Å². The number of ether oxygens (including phenoxy) is 1. The molecule has 104 valence electrons. The van der Waals surface area contributed by atoms with Crippen LogP contribution in [0.15, 0.2) is 35.9 Å². The van der Waals surface area contributed by atoms with Crippen molar-refractivity contribution in [3.05, 3.63) is 41.5 Å². The average Bonchev–Trinajstić information content (AvgIpc) is 2.48. The lowest BCUT2D eigenvalue weighted by molar-refractivity contribution is 0.222. The maximum atomic E-state index is 6.04. The normalized spacial score (nSPS) is 17.2. The van der Waals surface area contributed by atoms with Gasteiger partial charge in [0.15, 0.2) is 0 Å². The first kappa shape index (κ1) is 14.1. The van der Waals surface area contributed by atoms with Crippen LogP contribution in [0.4, 0.5) is 5.69 Å². The number of hydrogen-bond acceptors (Lipinski definition) is 3. The maximum Gasteiger partial charge on any atom is 0.0674 e. The molecule has 1 aromatic rings. The van der Waals surface area contributed by atoms with Crippen molar-refractivity contribution in [2.24, 2.45) is 5.73 Å². The van der Waals surface area contributed by atoms with E-state index in [2.05, 4.69) is 42.2 Å². The predicted molar refractivity (Wildman–Crippen MR) is 80.5 cm³/mol. The van der Waals surface area contributed by atoms with Crippen LogP contribution in [-0.2, 0) is 4.74 Å². The first-order valence-electron chi connectivity index (χ1n) is 7.02. The molecule has 1 aliphatic rings. The van der Waals surface area contributed by atoms with Gasteiger partial charge in [-0.05, 0) is 36.1 Å². The Morgan fingerprint density at radius 3 is 2.58 bits per heavy atom. The van der Waals surface area contributed by atoms with Crippen LogP contribution in [-0.4, -0.2) is 26.8 Å². The second kappa shape index (κ2) is 6.73. The van der Waals surface area contributed by atoms with Crippen LogP contribution in [0.3, 0.4) is 0 Å². The second-order valence-corrected chi connectivity index (χ2v) is 5.10. The van der Waals surface area contributed by atoms with Gasteiger partial charge in [-0.15, -0.1) is 0 Å². The summed E-state index contributed by atoms with van der Waals surface area (Å²) in [5, 5.41) is 0. The predicted octanol–water partition coefficient (Wildman–Crippen LogP) is 2.88. The van der Waals surface area contributed by atoms with Crippen molar-refractivity contribution in [3.63, 3.8) is 0 Å². The van der Waals surface area contributed by atoms with Crippen molar-refractivity contribution in [2.45, 2.75) is 25.8 Å². The summed E-state index contributed by atoms with van der Waals surface area (Å²) in [6.45, 7) is 4.91. The lowest BCUT2D eigenvalue weighted by Gasteiger charge is -2.28. The van der Waals surface area contributed by atoms with Gasteiger partial charge in [-0.3, -0.25) is 0 Å². The molecule has 2 rings (SSSR count). The third kappa shape index (κ3) is 3.58. The van der Waals surface area contributed by atoms with E-state index in [1.165, 1.54) is 16.8 Å². The third-order valence-corrected chi connectivity index (χ3v) is 3.76. The summed E-state index contributed by atoms with van der Waals surface area (Å²) >= 11 is 0. The Labute approximate surface area is 116 Å². The summed E-state index contributed by atoms with van der Waals surface area (Å²) in [5.74, 6) is 0. The van der Waals surface area contributed by atoms with Crippen LogP contribution in [0.5, 0.6) is 0 Å². The van der Waals surface area contributed by atoms with E-state index in [0.29, 0.717) is 0 Å². The number of benzene rings is 1. The summed E-state index contributed by atoms with van der Waals surface area (Å²) in [4.78, 5) is 2.39. The number of methoxy groups -OCH3 is 1. The zero-order valence-corrected chi connectivity index (χ0v) is 11.9. The van der Waals surface area contributed by atoms with Crippen LogP contribution in [0.25, 0.3) is 0 Å². The van der Waals surface area contributed by atoms with Gasteiger partial charge < -0.3 is 15.4 Å². The van der Waals surface area contributed by atoms with Gasteiger partial charge in [0.2, 0.25) is 0 Å². The van der Waals surface area contributed by atoms with Gasteiger partial charge in [0.1, 0.15) is 0 Å². The Bertz CT molecular complexity index is 425. The van der Waals surface area contributed by atoms with Gasteiger partial charge in [-0.1, -0.05) is 25.1 Å². The molecule has 0 bridgehead atoms. The third-order valence-electron chi connectivity index (χ3n) is 3.76. The molecule has 1 heterocycles. The highest BCUT2D eigenvalue weighted by molar-refractivity contribution is 5.49. The van der Waals surface area contributed by atoms with Crippen LogP contribution in [0.2, 0.25) is 0 Å². The highest BCUT2D eigenvalue weighted by Gasteiger charge is 2.12. The topological polar surface area (TPSA) is 38.5 Å². The fourth-order valence-electron chi connectivity index (χ4n) is 2.43. The smallest absolute Gasteiger partial charge is 0.0674 e. The molecule has 0 aromatic heterocycles. The van der Waals surface area contributed by atoms with Gasteiger partial charge in [0.25, 0.3) is 0 Å². The fraction of sp³-hybridized carbons (Fsp3) is 0.500. The quantitative estimate of drug-likeness (QED) is 0.827. The SMILES string of the molecule is CC[C@@H](N)c1ccc(N2CC=C(COC)CC2)cc1. The lowest BCUT2D eigenvalue weighted by Crippen LogP contribution is -2.29. The van der Waals surface area contributed by atoms with E-state index < -0.39 is 0 Å². The maximum absolute atomic E-state index is 6.04. The molecule has 1 aliphatic heterocycles. The standard InChI is InChI=1S/C16H24N2O/c1-3-16(17)14-4-6-15(7-5-14)18-10-8-13(9-11-18)12-19-2/h4-8,16H,3,9-12,17H2,1-2H3/t16-/m1/s1. The molecular formula is C16H24N2O. The number of rotatable bonds is 5. The fourth-order valence-corrected chi connectivity index (χ4v) is 2.43. The van der Waals surface area contributed by atoms with Gasteiger partial charge in [-0.25, -0.2) is 0 Å². The number of hydrogen-bond donors (Lipinski definition) is 1. The molecule has 2 N–H and O–H groups in total. The van der Waals surface area contributed by atoms with Crippen molar-refractivity contribution >= 4 is 5.69 Å². The van der Waals surface area contributed by atoms with Crippen LogP contribution in [0.1, 0.15) is 31.4 Å². The molecule has 0 radical (unpaired) electrons. The lowest BCUT2D eigenvalue weighted by atomic mass is 10.0. The molecule has 0 saturated heterocycles. The summed E-state index contributed by atoms with van der Waals surface area (Å²) in [7, 11) is 1.75. The van der Waals surface area contributed by atoms with E-state index in [4.69, 9.17) is 10.5 Å². The molecule has 0 saturated carbocycles. The Kier molecular flexibility index (Phi) is 5.00. The number of nitrogens with two attached hydrogens (primary N) is 1. The molecule has 1 atom stereocenters. The van der Waals surface area contributed by atoms with E-state index in [1.54, 1.807) is 7.11 Å². The first-order valence-corrected chi connectivity index (χ1v) is 7.02. The Balaban J connectivity index is 2.00. The first-order chi connectivity index (χ1) is 9.24. The molecule has 0 fully saturated rings. The largest absolute Gasteiger partial charge is 0.380 e. The van der Waals surface area contributed by atoms with E-state index in [0.717, 1.165) is 32.5 Å². The molecule has 19 heavy (non-hydrogen) atoms. The van der Waals surface area contributed by atoms with E-state index in [1.807, 2.05) is 0 Å². The summed E-state index contributed by atoms with van der Waals surface area (Å²) in [6, 6.07) is 8.82. The van der Waals surface area contributed by atoms with E-state index >= 15 is 0 Å². The zero-order valence-electron chi connectivity index (χ0n) is 11.9. The van der Waals surface area contributed by atoms with Crippen molar-refractivity contribution in [1.29, 1.82) is 0 Å². The highest BCUT2D eigenvalue weighted by Crippen LogP contribution is 2.22. The summed E-state index contributed by atoms with van der Waals surface area (Å²) < 4.78 is 5.18. The summed E-state index contributed by atoms with van der Waals surface area (Å²) in [6.07, 6.45) is 4.34. The average molecular weight is 260 g/mol. The molecule has 0 unspecified atom stereocenters. The molecule has 0 aliphatic carbocycles. The minimum atomic E-state index is 0.156. The van der Waals surface area contributed by atoms with E-state index in [9.17, 15) is 0 Å². The van der Waals surface area contributed by atoms with Crippen molar-refractivity contribution < 1.29 is 4.74 Å². The Morgan fingerprint density at radius 2 is 2.05 bits per heavy atom. The van der Waals surface area contributed by atoms with Gasteiger partial charge >= 0.3 is 0 Å².